The fourth-order valence-corrected chi connectivity index (χ4v) is 2.68. The van der Waals surface area contributed by atoms with Gasteiger partial charge in [-0.25, -0.2) is 0 Å². The minimum absolute atomic E-state index is 0.330. The maximum atomic E-state index is 9.77. The van der Waals surface area contributed by atoms with Crippen molar-refractivity contribution in [2.75, 3.05) is 39.6 Å². The predicted molar refractivity (Wildman–Crippen MR) is 105 cm³/mol. The molecule has 0 rings (SSSR count). The summed E-state index contributed by atoms with van der Waals surface area (Å²) in [6.07, 6.45) is 14.7. The summed E-state index contributed by atoms with van der Waals surface area (Å²) in [4.78, 5) is 0. The van der Waals surface area contributed by atoms with Crippen molar-refractivity contribution >= 4 is 0 Å². The number of aliphatic hydroxyl groups excluding tert-OH is 1. The first-order valence-corrected chi connectivity index (χ1v) is 10.7. The molecule has 0 aromatic heterocycles. The van der Waals surface area contributed by atoms with E-state index in [1.807, 2.05) is 0 Å². The highest BCUT2D eigenvalue weighted by atomic mass is 16.5. The van der Waals surface area contributed by atoms with Crippen molar-refractivity contribution in [2.24, 2.45) is 0 Å². The summed E-state index contributed by atoms with van der Waals surface area (Å²) >= 11 is 0. The van der Waals surface area contributed by atoms with Gasteiger partial charge in [-0.05, 0) is 12.8 Å². The topological polar surface area (TPSA) is 47.9 Å². The van der Waals surface area contributed by atoms with E-state index in [4.69, 9.17) is 14.2 Å². The SMILES string of the molecule is CCCCCCCCOCCOC[C@H](O)COCCCCCCCC. The van der Waals surface area contributed by atoms with Gasteiger partial charge < -0.3 is 19.3 Å². The molecule has 0 saturated heterocycles. The molecule has 0 amide bonds. The molecule has 0 aliphatic rings. The number of aliphatic hydroxyl groups is 1. The van der Waals surface area contributed by atoms with Crippen LogP contribution in [0.15, 0.2) is 0 Å². The molecule has 152 valence electrons. The summed E-state index contributed by atoms with van der Waals surface area (Å²) in [5.74, 6) is 0. The molecule has 0 aliphatic carbocycles. The Balaban J connectivity index is 3.11. The predicted octanol–water partition coefficient (Wildman–Crippen LogP) is 5.12. The smallest absolute Gasteiger partial charge is 0.101 e. The summed E-state index contributed by atoms with van der Waals surface area (Å²) in [6, 6.07) is 0. The largest absolute Gasteiger partial charge is 0.388 e. The Hall–Kier alpha value is -0.160. The van der Waals surface area contributed by atoms with Crippen LogP contribution in [-0.2, 0) is 14.2 Å². The second-order valence-electron chi connectivity index (χ2n) is 6.95. The van der Waals surface area contributed by atoms with E-state index >= 15 is 0 Å². The van der Waals surface area contributed by atoms with Crippen molar-refractivity contribution in [1.82, 2.24) is 0 Å². The maximum Gasteiger partial charge on any atom is 0.101 e. The number of hydrogen-bond donors (Lipinski definition) is 1. The summed E-state index contributed by atoms with van der Waals surface area (Å²) in [7, 11) is 0. The molecular weight excluding hydrogens is 316 g/mol. The molecule has 0 fully saturated rings. The molecule has 0 saturated carbocycles. The number of rotatable bonds is 21. The lowest BCUT2D eigenvalue weighted by Crippen LogP contribution is -2.23. The Morgan fingerprint density at radius 1 is 0.520 bits per heavy atom. The Bertz CT molecular complexity index is 236. The average molecular weight is 361 g/mol. The minimum atomic E-state index is -0.529. The first-order valence-electron chi connectivity index (χ1n) is 10.7. The number of hydrogen-bond acceptors (Lipinski definition) is 4. The summed E-state index contributed by atoms with van der Waals surface area (Å²) in [5, 5.41) is 9.77. The standard InChI is InChI=1S/C21H44O4/c1-3-5-7-9-11-13-15-23-17-18-25-20-21(22)19-24-16-14-12-10-8-6-4-2/h21-22H,3-20H2,1-2H3/t21-/m1/s1. The first kappa shape index (κ1) is 24.8. The van der Waals surface area contributed by atoms with E-state index in [-0.39, 0.29) is 0 Å². The monoisotopic (exact) mass is 360 g/mol. The Morgan fingerprint density at radius 2 is 0.920 bits per heavy atom. The fraction of sp³-hybridized carbons (Fsp3) is 1.00. The van der Waals surface area contributed by atoms with Gasteiger partial charge in [-0.1, -0.05) is 78.1 Å². The van der Waals surface area contributed by atoms with Gasteiger partial charge in [0, 0.05) is 13.2 Å². The average Bonchev–Trinajstić information content (AvgIpc) is 2.62. The van der Waals surface area contributed by atoms with Crippen molar-refractivity contribution in [3.8, 4) is 0 Å². The lowest BCUT2D eigenvalue weighted by Gasteiger charge is -2.12. The highest BCUT2D eigenvalue weighted by Gasteiger charge is 2.04. The van der Waals surface area contributed by atoms with Crippen LogP contribution < -0.4 is 0 Å². The molecule has 0 aromatic rings. The molecule has 0 aromatic carbocycles. The third-order valence-corrected chi connectivity index (χ3v) is 4.28. The highest BCUT2D eigenvalue weighted by Crippen LogP contribution is 2.05. The Labute approximate surface area is 156 Å². The minimum Gasteiger partial charge on any atom is -0.388 e. The lowest BCUT2D eigenvalue weighted by molar-refractivity contribution is -0.0326. The van der Waals surface area contributed by atoms with Gasteiger partial charge >= 0.3 is 0 Å². The van der Waals surface area contributed by atoms with Gasteiger partial charge in [0.2, 0.25) is 0 Å². The van der Waals surface area contributed by atoms with Crippen molar-refractivity contribution in [1.29, 1.82) is 0 Å². The van der Waals surface area contributed by atoms with Crippen molar-refractivity contribution < 1.29 is 19.3 Å². The van der Waals surface area contributed by atoms with Crippen LogP contribution in [0.25, 0.3) is 0 Å². The summed E-state index contributed by atoms with van der Waals surface area (Å²) in [6.45, 7) is 7.88. The quantitative estimate of drug-likeness (QED) is 0.289. The molecule has 1 atom stereocenters. The zero-order valence-electron chi connectivity index (χ0n) is 17.0. The molecule has 0 bridgehead atoms. The van der Waals surface area contributed by atoms with Crippen LogP contribution in [0, 0.1) is 0 Å². The third-order valence-electron chi connectivity index (χ3n) is 4.28. The Kier molecular flexibility index (Phi) is 21.7. The molecule has 0 aliphatic heterocycles. The van der Waals surface area contributed by atoms with Crippen LogP contribution in [0.1, 0.15) is 90.9 Å². The maximum absolute atomic E-state index is 9.77. The van der Waals surface area contributed by atoms with E-state index in [1.165, 1.54) is 64.2 Å². The molecule has 0 spiro atoms. The molecule has 4 nitrogen and oxygen atoms in total. The van der Waals surface area contributed by atoms with Gasteiger partial charge in [-0.2, -0.15) is 0 Å². The van der Waals surface area contributed by atoms with Crippen LogP contribution >= 0.6 is 0 Å². The summed E-state index contributed by atoms with van der Waals surface area (Å²) in [5.41, 5.74) is 0. The van der Waals surface area contributed by atoms with Crippen molar-refractivity contribution in [3.63, 3.8) is 0 Å². The second kappa shape index (κ2) is 21.9. The van der Waals surface area contributed by atoms with Crippen LogP contribution in [0.3, 0.4) is 0 Å². The van der Waals surface area contributed by atoms with Gasteiger partial charge in [-0.15, -0.1) is 0 Å². The molecular formula is C21H44O4. The van der Waals surface area contributed by atoms with E-state index in [2.05, 4.69) is 13.8 Å². The zero-order valence-corrected chi connectivity index (χ0v) is 17.0. The van der Waals surface area contributed by atoms with E-state index in [9.17, 15) is 5.11 Å². The van der Waals surface area contributed by atoms with Crippen LogP contribution in [0.4, 0.5) is 0 Å². The first-order chi connectivity index (χ1) is 12.3. The van der Waals surface area contributed by atoms with E-state index in [0.29, 0.717) is 26.4 Å². The van der Waals surface area contributed by atoms with Gasteiger partial charge in [0.15, 0.2) is 0 Å². The van der Waals surface area contributed by atoms with Crippen molar-refractivity contribution in [3.05, 3.63) is 0 Å². The molecule has 1 N–H and O–H groups in total. The second-order valence-corrected chi connectivity index (χ2v) is 6.95. The van der Waals surface area contributed by atoms with Gasteiger partial charge in [0.05, 0.1) is 26.4 Å². The molecule has 0 heterocycles. The third kappa shape index (κ3) is 21.8. The molecule has 25 heavy (non-hydrogen) atoms. The number of ether oxygens (including phenoxy) is 3. The normalized spacial score (nSPS) is 12.6. The number of unbranched alkanes of at least 4 members (excludes halogenated alkanes) is 10. The van der Waals surface area contributed by atoms with E-state index < -0.39 is 6.10 Å². The zero-order chi connectivity index (χ0) is 18.4. The highest BCUT2D eigenvalue weighted by molar-refractivity contribution is 4.52. The van der Waals surface area contributed by atoms with E-state index in [1.54, 1.807) is 0 Å². The lowest BCUT2D eigenvalue weighted by atomic mass is 10.1. The van der Waals surface area contributed by atoms with Crippen LogP contribution in [-0.4, -0.2) is 50.9 Å². The molecule has 0 radical (unpaired) electrons. The van der Waals surface area contributed by atoms with Gasteiger partial charge in [0.1, 0.15) is 6.10 Å². The summed E-state index contributed by atoms with van der Waals surface area (Å²) < 4.78 is 16.5. The molecule has 0 unspecified atom stereocenters. The van der Waals surface area contributed by atoms with Gasteiger partial charge in [0.25, 0.3) is 0 Å². The van der Waals surface area contributed by atoms with E-state index in [0.717, 1.165) is 26.1 Å². The van der Waals surface area contributed by atoms with Gasteiger partial charge in [-0.3, -0.25) is 0 Å². The van der Waals surface area contributed by atoms with Crippen LogP contribution in [0.5, 0.6) is 0 Å². The Morgan fingerprint density at radius 3 is 1.48 bits per heavy atom. The fourth-order valence-electron chi connectivity index (χ4n) is 2.68. The van der Waals surface area contributed by atoms with Crippen LogP contribution in [0.2, 0.25) is 0 Å². The molecule has 4 heteroatoms. The van der Waals surface area contributed by atoms with Crippen molar-refractivity contribution in [2.45, 2.75) is 97.0 Å².